The number of nitrogens with two attached hydrogens (primary N) is 1. The molecule has 0 unspecified atom stereocenters. The van der Waals surface area contributed by atoms with Crippen molar-refractivity contribution in [3.05, 3.63) is 29.8 Å². The minimum absolute atomic E-state index is 0.142. The Balaban J connectivity index is 1.82. The quantitative estimate of drug-likeness (QED) is 0.895. The molecule has 2 N–H and O–H groups in total. The van der Waals surface area contributed by atoms with Crippen LogP contribution in [0.15, 0.2) is 18.2 Å². The van der Waals surface area contributed by atoms with Crippen LogP contribution in [0.25, 0.3) is 0 Å². The number of hydrogen-bond donors (Lipinski definition) is 1. The Morgan fingerprint density at radius 2 is 1.83 bits per heavy atom. The molecular formula is C14H19F2NO. The van der Waals surface area contributed by atoms with Gasteiger partial charge in [0.05, 0.1) is 6.61 Å². The second kappa shape index (κ2) is 5.65. The van der Waals surface area contributed by atoms with Crippen LogP contribution in [0.4, 0.5) is 8.78 Å². The zero-order valence-corrected chi connectivity index (χ0v) is 10.4. The summed E-state index contributed by atoms with van der Waals surface area (Å²) < 4.78 is 31.1. The number of benzene rings is 1. The predicted octanol–water partition coefficient (Wildman–Crippen LogP) is 3.40. The molecule has 1 saturated carbocycles. The van der Waals surface area contributed by atoms with Crippen molar-refractivity contribution in [3.63, 3.8) is 0 Å². The van der Waals surface area contributed by atoms with Gasteiger partial charge < -0.3 is 10.5 Å². The highest BCUT2D eigenvalue weighted by Gasteiger charge is 2.26. The third-order valence-corrected chi connectivity index (χ3v) is 3.61. The standard InChI is InChI=1S/C14H19F2NO/c15-12-5-4-11(10-13(12)16)18-9-8-14(17)6-2-1-3-7-14/h4-5,10H,1-3,6-9,17H2. The van der Waals surface area contributed by atoms with Gasteiger partial charge in [0.1, 0.15) is 5.75 Å². The van der Waals surface area contributed by atoms with Crippen LogP contribution in [0.1, 0.15) is 38.5 Å². The van der Waals surface area contributed by atoms with Gasteiger partial charge in [-0.3, -0.25) is 0 Å². The van der Waals surface area contributed by atoms with Crippen molar-refractivity contribution in [2.24, 2.45) is 5.73 Å². The van der Waals surface area contributed by atoms with Crippen LogP contribution in [0.3, 0.4) is 0 Å². The van der Waals surface area contributed by atoms with Gasteiger partial charge in [-0.1, -0.05) is 19.3 Å². The van der Waals surface area contributed by atoms with E-state index in [1.165, 1.54) is 25.3 Å². The Morgan fingerprint density at radius 3 is 2.50 bits per heavy atom. The molecule has 2 nitrogen and oxygen atoms in total. The fourth-order valence-corrected chi connectivity index (χ4v) is 2.44. The first-order valence-corrected chi connectivity index (χ1v) is 6.46. The lowest BCUT2D eigenvalue weighted by Gasteiger charge is -2.33. The molecule has 0 bridgehead atoms. The molecule has 0 saturated heterocycles. The fourth-order valence-electron chi connectivity index (χ4n) is 2.44. The Hall–Kier alpha value is -1.16. The molecule has 0 spiro atoms. The molecule has 0 radical (unpaired) electrons. The summed E-state index contributed by atoms with van der Waals surface area (Å²) in [6, 6.07) is 3.57. The molecule has 1 aromatic carbocycles. The van der Waals surface area contributed by atoms with Crippen molar-refractivity contribution in [1.29, 1.82) is 0 Å². The van der Waals surface area contributed by atoms with Crippen molar-refractivity contribution in [3.8, 4) is 5.75 Å². The average Bonchev–Trinajstić information content (AvgIpc) is 2.34. The van der Waals surface area contributed by atoms with Gasteiger partial charge in [0.15, 0.2) is 11.6 Å². The molecule has 1 aliphatic carbocycles. The van der Waals surface area contributed by atoms with Crippen molar-refractivity contribution < 1.29 is 13.5 Å². The van der Waals surface area contributed by atoms with Gasteiger partial charge in [-0.15, -0.1) is 0 Å². The Kier molecular flexibility index (Phi) is 4.17. The topological polar surface area (TPSA) is 35.2 Å². The minimum Gasteiger partial charge on any atom is -0.493 e. The summed E-state index contributed by atoms with van der Waals surface area (Å²) in [6.45, 7) is 0.446. The molecule has 1 fully saturated rings. The van der Waals surface area contributed by atoms with Crippen LogP contribution < -0.4 is 10.5 Å². The van der Waals surface area contributed by atoms with Crippen molar-refractivity contribution in [2.45, 2.75) is 44.1 Å². The monoisotopic (exact) mass is 255 g/mol. The molecular weight excluding hydrogens is 236 g/mol. The summed E-state index contributed by atoms with van der Waals surface area (Å²) in [5, 5.41) is 0. The molecule has 1 aromatic rings. The number of halogens is 2. The highest BCUT2D eigenvalue weighted by Crippen LogP contribution is 2.28. The van der Waals surface area contributed by atoms with E-state index in [4.69, 9.17) is 10.5 Å². The SMILES string of the molecule is NC1(CCOc2ccc(F)c(F)c2)CCCCC1. The molecule has 0 aromatic heterocycles. The normalized spacial score (nSPS) is 18.6. The molecule has 0 atom stereocenters. The summed E-state index contributed by atoms with van der Waals surface area (Å²) in [4.78, 5) is 0. The third-order valence-electron chi connectivity index (χ3n) is 3.61. The van der Waals surface area contributed by atoms with Crippen LogP contribution in [-0.2, 0) is 0 Å². The van der Waals surface area contributed by atoms with Crippen molar-refractivity contribution in [1.82, 2.24) is 0 Å². The van der Waals surface area contributed by atoms with Gasteiger partial charge in [0.25, 0.3) is 0 Å². The lowest BCUT2D eigenvalue weighted by Crippen LogP contribution is -2.42. The van der Waals surface area contributed by atoms with E-state index in [0.29, 0.717) is 12.4 Å². The summed E-state index contributed by atoms with van der Waals surface area (Å²) in [5.74, 6) is -1.38. The van der Waals surface area contributed by atoms with Crippen molar-refractivity contribution in [2.75, 3.05) is 6.61 Å². The molecule has 4 heteroatoms. The Labute approximate surface area is 106 Å². The average molecular weight is 255 g/mol. The first kappa shape index (κ1) is 13.3. The van der Waals surface area contributed by atoms with E-state index in [2.05, 4.69) is 0 Å². The van der Waals surface area contributed by atoms with E-state index < -0.39 is 11.6 Å². The first-order chi connectivity index (χ1) is 8.59. The van der Waals surface area contributed by atoms with Gasteiger partial charge in [-0.2, -0.15) is 0 Å². The second-order valence-electron chi connectivity index (χ2n) is 5.10. The minimum atomic E-state index is -0.882. The largest absolute Gasteiger partial charge is 0.493 e. The van der Waals surface area contributed by atoms with Crippen molar-refractivity contribution >= 4 is 0 Å². The smallest absolute Gasteiger partial charge is 0.162 e. The van der Waals surface area contributed by atoms with Crippen LogP contribution in [-0.4, -0.2) is 12.1 Å². The summed E-state index contributed by atoms with van der Waals surface area (Å²) in [7, 11) is 0. The lowest BCUT2D eigenvalue weighted by atomic mass is 9.80. The van der Waals surface area contributed by atoms with E-state index in [0.717, 1.165) is 31.4 Å². The fraction of sp³-hybridized carbons (Fsp3) is 0.571. The zero-order valence-electron chi connectivity index (χ0n) is 10.4. The van der Waals surface area contributed by atoms with E-state index in [-0.39, 0.29) is 5.54 Å². The van der Waals surface area contributed by atoms with Gasteiger partial charge in [-0.25, -0.2) is 8.78 Å². The van der Waals surface area contributed by atoms with Gasteiger partial charge in [0, 0.05) is 11.6 Å². The Morgan fingerprint density at radius 1 is 1.11 bits per heavy atom. The Bertz CT molecular complexity index is 403. The second-order valence-corrected chi connectivity index (χ2v) is 5.10. The number of rotatable bonds is 4. The van der Waals surface area contributed by atoms with Gasteiger partial charge in [-0.05, 0) is 31.4 Å². The maximum atomic E-state index is 13.0. The number of ether oxygens (including phenoxy) is 1. The van der Waals surface area contributed by atoms with Gasteiger partial charge >= 0.3 is 0 Å². The van der Waals surface area contributed by atoms with Gasteiger partial charge in [0.2, 0.25) is 0 Å². The summed E-state index contributed by atoms with van der Waals surface area (Å²) >= 11 is 0. The van der Waals surface area contributed by atoms with E-state index in [1.807, 2.05) is 0 Å². The highest BCUT2D eigenvalue weighted by atomic mass is 19.2. The lowest BCUT2D eigenvalue weighted by molar-refractivity contribution is 0.214. The molecule has 0 aliphatic heterocycles. The summed E-state index contributed by atoms with van der Waals surface area (Å²) in [6.07, 6.45) is 6.39. The van der Waals surface area contributed by atoms with E-state index in [9.17, 15) is 8.78 Å². The van der Waals surface area contributed by atoms with E-state index in [1.54, 1.807) is 0 Å². The van der Waals surface area contributed by atoms with Crippen LogP contribution in [0, 0.1) is 11.6 Å². The summed E-state index contributed by atoms with van der Waals surface area (Å²) in [5.41, 5.74) is 6.12. The molecule has 18 heavy (non-hydrogen) atoms. The maximum absolute atomic E-state index is 13.0. The third kappa shape index (κ3) is 3.42. The van der Waals surface area contributed by atoms with E-state index >= 15 is 0 Å². The zero-order chi connectivity index (χ0) is 13.0. The molecule has 0 heterocycles. The molecule has 100 valence electrons. The van der Waals surface area contributed by atoms with Crippen LogP contribution >= 0.6 is 0 Å². The maximum Gasteiger partial charge on any atom is 0.162 e. The molecule has 2 rings (SSSR count). The number of hydrogen-bond acceptors (Lipinski definition) is 2. The first-order valence-electron chi connectivity index (χ1n) is 6.46. The molecule has 0 amide bonds. The molecule has 1 aliphatic rings. The predicted molar refractivity (Wildman–Crippen MR) is 66.5 cm³/mol. The van der Waals surface area contributed by atoms with Crippen LogP contribution in [0.5, 0.6) is 5.75 Å². The van der Waals surface area contributed by atoms with Crippen LogP contribution in [0.2, 0.25) is 0 Å². The highest BCUT2D eigenvalue weighted by molar-refractivity contribution is 5.23.